The number of alkyl carbamates (subject to hydrolysis) is 1. The molecule has 1 aliphatic carbocycles. The van der Waals surface area contributed by atoms with Gasteiger partial charge in [0.15, 0.2) is 0 Å². The van der Waals surface area contributed by atoms with Crippen LogP contribution >= 0.6 is 0 Å². The van der Waals surface area contributed by atoms with E-state index in [9.17, 15) is 4.79 Å². The number of carbonyl (C=O) groups is 1. The number of hydrogen-bond acceptors (Lipinski definition) is 5. The van der Waals surface area contributed by atoms with Gasteiger partial charge in [-0.15, -0.1) is 10.2 Å². The molecule has 1 aromatic rings. The predicted molar refractivity (Wildman–Crippen MR) is 87.4 cm³/mol. The summed E-state index contributed by atoms with van der Waals surface area (Å²) >= 11 is 0. The number of nitrogens with zero attached hydrogens (tertiary/aromatic N) is 2. The van der Waals surface area contributed by atoms with Crippen LogP contribution in [-0.2, 0) is 10.2 Å². The van der Waals surface area contributed by atoms with Crippen LogP contribution in [0.1, 0.15) is 84.9 Å². The van der Waals surface area contributed by atoms with Crippen LogP contribution < -0.4 is 5.32 Å². The van der Waals surface area contributed by atoms with Gasteiger partial charge in [-0.05, 0) is 46.5 Å². The summed E-state index contributed by atoms with van der Waals surface area (Å²) in [4.78, 5) is 11.8. The van der Waals surface area contributed by atoms with E-state index >= 15 is 0 Å². The SMILES string of the molecule is CC(C)(C)OC(=O)N[C@H]1CC[C@H](c2nnc(C(C)(C)C)o2)CC1. The third-order valence-corrected chi connectivity index (χ3v) is 3.88. The average molecular weight is 323 g/mol. The fourth-order valence-electron chi connectivity index (χ4n) is 2.66. The molecule has 130 valence electrons. The molecule has 23 heavy (non-hydrogen) atoms. The van der Waals surface area contributed by atoms with E-state index in [1.54, 1.807) is 0 Å². The molecule has 0 atom stereocenters. The fourth-order valence-corrected chi connectivity index (χ4v) is 2.66. The van der Waals surface area contributed by atoms with E-state index in [2.05, 4.69) is 36.3 Å². The van der Waals surface area contributed by atoms with Crippen LogP contribution in [0.15, 0.2) is 4.42 Å². The van der Waals surface area contributed by atoms with Crippen molar-refractivity contribution in [1.29, 1.82) is 0 Å². The maximum Gasteiger partial charge on any atom is 0.407 e. The summed E-state index contributed by atoms with van der Waals surface area (Å²) in [7, 11) is 0. The van der Waals surface area contributed by atoms with Gasteiger partial charge >= 0.3 is 6.09 Å². The van der Waals surface area contributed by atoms with Gasteiger partial charge in [0.2, 0.25) is 11.8 Å². The second-order valence-corrected chi connectivity index (χ2v) is 8.39. The predicted octanol–water partition coefficient (Wildman–Crippen LogP) is 3.92. The topological polar surface area (TPSA) is 77.2 Å². The van der Waals surface area contributed by atoms with Crippen molar-refractivity contribution in [3.63, 3.8) is 0 Å². The minimum absolute atomic E-state index is 0.124. The quantitative estimate of drug-likeness (QED) is 0.892. The van der Waals surface area contributed by atoms with Gasteiger partial charge in [-0.2, -0.15) is 0 Å². The van der Waals surface area contributed by atoms with Crippen LogP contribution in [0.2, 0.25) is 0 Å². The molecule has 1 aliphatic rings. The number of rotatable bonds is 2. The van der Waals surface area contributed by atoms with E-state index in [4.69, 9.17) is 9.15 Å². The maximum atomic E-state index is 11.8. The van der Waals surface area contributed by atoms with Crippen LogP contribution in [0.5, 0.6) is 0 Å². The van der Waals surface area contributed by atoms with Gasteiger partial charge in [0.25, 0.3) is 0 Å². The van der Waals surface area contributed by atoms with Crippen LogP contribution in [0.25, 0.3) is 0 Å². The van der Waals surface area contributed by atoms with Gasteiger partial charge in [-0.1, -0.05) is 20.8 Å². The van der Waals surface area contributed by atoms with E-state index < -0.39 is 5.60 Å². The Labute approximate surface area is 138 Å². The van der Waals surface area contributed by atoms with Crippen molar-refractivity contribution < 1.29 is 13.9 Å². The second kappa shape index (κ2) is 6.49. The molecule has 0 radical (unpaired) electrons. The monoisotopic (exact) mass is 323 g/mol. The molecule has 1 amide bonds. The van der Waals surface area contributed by atoms with Crippen molar-refractivity contribution in [1.82, 2.24) is 15.5 Å². The van der Waals surface area contributed by atoms with Crippen LogP contribution in [-0.4, -0.2) is 27.9 Å². The first-order valence-corrected chi connectivity index (χ1v) is 8.38. The summed E-state index contributed by atoms with van der Waals surface area (Å²) in [5, 5.41) is 11.3. The average Bonchev–Trinajstić information content (AvgIpc) is 2.86. The van der Waals surface area contributed by atoms with E-state index in [1.165, 1.54) is 0 Å². The Hall–Kier alpha value is -1.59. The lowest BCUT2D eigenvalue weighted by Gasteiger charge is -2.28. The Morgan fingerprint density at radius 1 is 1.09 bits per heavy atom. The Balaban J connectivity index is 1.84. The smallest absolute Gasteiger partial charge is 0.407 e. The highest BCUT2D eigenvalue weighted by molar-refractivity contribution is 5.68. The number of nitrogens with one attached hydrogen (secondary N) is 1. The molecule has 0 aliphatic heterocycles. The van der Waals surface area contributed by atoms with Crippen molar-refractivity contribution in [2.45, 2.75) is 90.2 Å². The summed E-state index contributed by atoms with van der Waals surface area (Å²) in [6.45, 7) is 11.8. The third kappa shape index (κ3) is 5.22. The minimum Gasteiger partial charge on any atom is -0.444 e. The molecular weight excluding hydrogens is 294 g/mol. The lowest BCUT2D eigenvalue weighted by atomic mass is 9.86. The lowest BCUT2D eigenvalue weighted by molar-refractivity contribution is 0.0490. The summed E-state index contributed by atoms with van der Waals surface area (Å²) < 4.78 is 11.1. The molecule has 1 saturated carbocycles. The Morgan fingerprint density at radius 2 is 1.70 bits per heavy atom. The van der Waals surface area contributed by atoms with Crippen molar-refractivity contribution >= 4 is 6.09 Å². The standard InChI is InChI=1S/C17H29N3O3/c1-16(2,3)14-20-19-13(22-14)11-7-9-12(10-8-11)18-15(21)23-17(4,5)6/h11-12H,7-10H2,1-6H3,(H,18,21)/t11-,12-. The first-order chi connectivity index (χ1) is 10.5. The highest BCUT2D eigenvalue weighted by Crippen LogP contribution is 2.33. The van der Waals surface area contributed by atoms with Crippen LogP contribution in [0.4, 0.5) is 4.79 Å². The molecular formula is C17H29N3O3. The molecule has 1 aromatic heterocycles. The fraction of sp³-hybridized carbons (Fsp3) is 0.824. The van der Waals surface area contributed by atoms with Crippen molar-refractivity contribution in [3.05, 3.63) is 11.8 Å². The summed E-state index contributed by atoms with van der Waals surface area (Å²) in [6.07, 6.45) is 3.33. The van der Waals surface area contributed by atoms with Gasteiger partial charge in [0.1, 0.15) is 5.60 Å². The first-order valence-electron chi connectivity index (χ1n) is 8.38. The second-order valence-electron chi connectivity index (χ2n) is 8.39. The Kier molecular flexibility index (Phi) is 5.01. The summed E-state index contributed by atoms with van der Waals surface area (Å²) in [5.41, 5.74) is -0.588. The van der Waals surface area contributed by atoms with Gasteiger partial charge in [-0.25, -0.2) is 4.79 Å². The van der Waals surface area contributed by atoms with E-state index in [0.717, 1.165) is 31.6 Å². The normalized spacial score (nSPS) is 22.7. The number of aromatic nitrogens is 2. The molecule has 1 fully saturated rings. The number of amides is 1. The third-order valence-electron chi connectivity index (χ3n) is 3.88. The molecule has 0 saturated heterocycles. The molecule has 2 rings (SSSR count). The van der Waals surface area contributed by atoms with Crippen molar-refractivity contribution in [3.8, 4) is 0 Å². The molecule has 0 bridgehead atoms. The van der Waals surface area contributed by atoms with Crippen LogP contribution in [0, 0.1) is 0 Å². The van der Waals surface area contributed by atoms with Gasteiger partial charge in [0, 0.05) is 17.4 Å². The number of hydrogen-bond donors (Lipinski definition) is 1. The van der Waals surface area contributed by atoms with E-state index in [-0.39, 0.29) is 23.5 Å². The molecule has 1 heterocycles. The van der Waals surface area contributed by atoms with Crippen molar-refractivity contribution in [2.75, 3.05) is 0 Å². The van der Waals surface area contributed by atoms with Gasteiger partial charge in [-0.3, -0.25) is 0 Å². The van der Waals surface area contributed by atoms with Gasteiger partial charge in [0.05, 0.1) is 0 Å². The molecule has 0 spiro atoms. The van der Waals surface area contributed by atoms with E-state index in [1.807, 2.05) is 20.8 Å². The highest BCUT2D eigenvalue weighted by Gasteiger charge is 2.30. The molecule has 0 aromatic carbocycles. The van der Waals surface area contributed by atoms with E-state index in [0.29, 0.717) is 5.89 Å². The molecule has 6 nitrogen and oxygen atoms in total. The zero-order valence-corrected chi connectivity index (χ0v) is 15.1. The molecule has 0 unspecified atom stereocenters. The maximum absolute atomic E-state index is 11.8. The minimum atomic E-state index is -0.464. The largest absolute Gasteiger partial charge is 0.444 e. The lowest BCUT2D eigenvalue weighted by Crippen LogP contribution is -2.40. The van der Waals surface area contributed by atoms with Gasteiger partial charge < -0.3 is 14.5 Å². The number of carbonyl (C=O) groups excluding carboxylic acids is 1. The zero-order valence-electron chi connectivity index (χ0n) is 15.1. The summed E-state index contributed by atoms with van der Waals surface area (Å²) in [6, 6.07) is 0.158. The Bertz CT molecular complexity index is 532. The van der Waals surface area contributed by atoms with Crippen LogP contribution in [0.3, 0.4) is 0 Å². The van der Waals surface area contributed by atoms with Crippen molar-refractivity contribution in [2.24, 2.45) is 0 Å². The first kappa shape index (κ1) is 17.8. The summed E-state index contributed by atoms with van der Waals surface area (Å²) in [5.74, 6) is 1.70. The Morgan fingerprint density at radius 3 is 2.17 bits per heavy atom. The molecule has 1 N–H and O–H groups in total. The molecule has 6 heteroatoms. The zero-order chi connectivity index (χ0) is 17.3. The number of ether oxygens (including phenoxy) is 1. The highest BCUT2D eigenvalue weighted by atomic mass is 16.6.